The molecule has 1 heterocycles. The molecule has 0 aromatic carbocycles. The zero-order chi connectivity index (χ0) is 13.1. The lowest BCUT2D eigenvalue weighted by molar-refractivity contribution is 0.202. The molecular weight excluding hydrogens is 248 g/mol. The van der Waals surface area contributed by atoms with Gasteiger partial charge in [-0.3, -0.25) is 0 Å². The molecule has 2 rings (SSSR count). The van der Waals surface area contributed by atoms with Crippen molar-refractivity contribution in [2.24, 2.45) is 5.92 Å². The maximum atomic E-state index is 9.58. The highest BCUT2D eigenvalue weighted by Gasteiger charge is 2.33. The Hall–Kier alpha value is -0.650. The predicted molar refractivity (Wildman–Crippen MR) is 74.2 cm³/mol. The van der Waals surface area contributed by atoms with Crippen LogP contribution in [-0.2, 0) is 4.74 Å². The minimum atomic E-state index is -0.434. The summed E-state index contributed by atoms with van der Waals surface area (Å²) >= 11 is 1.58. The van der Waals surface area contributed by atoms with E-state index in [-0.39, 0.29) is 0 Å². The van der Waals surface area contributed by atoms with E-state index in [0.29, 0.717) is 12.6 Å². The molecule has 0 saturated heterocycles. The van der Waals surface area contributed by atoms with E-state index in [1.54, 1.807) is 31.6 Å². The molecule has 5 heteroatoms. The Morgan fingerprint density at radius 3 is 2.78 bits per heavy atom. The third-order valence-corrected chi connectivity index (χ3v) is 4.71. The van der Waals surface area contributed by atoms with Crippen molar-refractivity contribution in [2.45, 2.75) is 38.8 Å². The van der Waals surface area contributed by atoms with Gasteiger partial charge < -0.3 is 14.7 Å². The third kappa shape index (κ3) is 3.22. The Bertz CT molecular complexity index is 377. The van der Waals surface area contributed by atoms with Crippen LogP contribution in [0.15, 0.2) is 6.20 Å². The number of hydrogen-bond donors (Lipinski definition) is 1. The topological polar surface area (TPSA) is 45.6 Å². The number of aromatic nitrogens is 1. The zero-order valence-corrected chi connectivity index (χ0v) is 12.1. The number of aliphatic hydroxyl groups is 1. The SMILES string of the molecule is COCCN(c1ncc(C(C)O)s1)C(C)C1CC1. The summed E-state index contributed by atoms with van der Waals surface area (Å²) in [5, 5.41) is 10.6. The second-order valence-corrected chi connectivity index (χ2v) is 6.03. The normalized spacial score (nSPS) is 18.7. The quantitative estimate of drug-likeness (QED) is 0.826. The van der Waals surface area contributed by atoms with E-state index >= 15 is 0 Å². The average Bonchev–Trinajstić information content (AvgIpc) is 3.08. The largest absolute Gasteiger partial charge is 0.388 e. The van der Waals surface area contributed by atoms with Gasteiger partial charge in [0, 0.05) is 25.9 Å². The Kier molecular flexibility index (Phi) is 4.59. The fraction of sp³-hybridized carbons (Fsp3) is 0.769. The first-order chi connectivity index (χ1) is 8.63. The van der Waals surface area contributed by atoms with Gasteiger partial charge in [-0.1, -0.05) is 11.3 Å². The van der Waals surface area contributed by atoms with E-state index in [2.05, 4.69) is 16.8 Å². The Morgan fingerprint density at radius 2 is 2.28 bits per heavy atom. The second-order valence-electron chi connectivity index (χ2n) is 4.99. The number of anilines is 1. The summed E-state index contributed by atoms with van der Waals surface area (Å²) in [5.41, 5.74) is 0. The highest BCUT2D eigenvalue weighted by Crippen LogP contribution is 2.38. The maximum Gasteiger partial charge on any atom is 0.185 e. The number of aliphatic hydroxyl groups excluding tert-OH is 1. The summed E-state index contributed by atoms with van der Waals surface area (Å²) in [5.74, 6) is 0.792. The van der Waals surface area contributed by atoms with Crippen LogP contribution in [0.25, 0.3) is 0 Å². The minimum absolute atomic E-state index is 0.434. The molecule has 0 bridgehead atoms. The molecule has 0 radical (unpaired) electrons. The van der Waals surface area contributed by atoms with Gasteiger partial charge in [-0.25, -0.2) is 4.98 Å². The van der Waals surface area contributed by atoms with Gasteiger partial charge in [-0.15, -0.1) is 0 Å². The van der Waals surface area contributed by atoms with Crippen LogP contribution >= 0.6 is 11.3 Å². The van der Waals surface area contributed by atoms with Crippen molar-refractivity contribution in [2.75, 3.05) is 25.2 Å². The summed E-state index contributed by atoms with van der Waals surface area (Å²) in [6, 6.07) is 0.508. The predicted octanol–water partition coefficient (Wildman–Crippen LogP) is 2.45. The molecule has 1 aromatic rings. The lowest BCUT2D eigenvalue weighted by Crippen LogP contribution is -2.37. The number of rotatable bonds is 7. The fourth-order valence-corrected chi connectivity index (χ4v) is 3.07. The zero-order valence-electron chi connectivity index (χ0n) is 11.3. The van der Waals surface area contributed by atoms with Crippen molar-refractivity contribution in [1.29, 1.82) is 0 Å². The van der Waals surface area contributed by atoms with Gasteiger partial charge >= 0.3 is 0 Å². The summed E-state index contributed by atoms with van der Waals surface area (Å²) in [4.78, 5) is 7.69. The lowest BCUT2D eigenvalue weighted by atomic mass is 10.2. The van der Waals surface area contributed by atoms with E-state index < -0.39 is 6.10 Å². The first-order valence-electron chi connectivity index (χ1n) is 6.53. The average molecular weight is 270 g/mol. The van der Waals surface area contributed by atoms with Crippen molar-refractivity contribution in [3.8, 4) is 0 Å². The standard InChI is InChI=1S/C13H22N2O2S/c1-9(11-4-5-11)15(6-7-17-3)13-14-8-12(18-13)10(2)16/h8-11,16H,4-7H2,1-3H3. The second kappa shape index (κ2) is 5.99. The number of nitrogens with zero attached hydrogens (tertiary/aromatic N) is 2. The molecule has 2 atom stereocenters. The molecule has 0 amide bonds. The van der Waals surface area contributed by atoms with Crippen LogP contribution in [0, 0.1) is 5.92 Å². The molecule has 102 valence electrons. The van der Waals surface area contributed by atoms with Crippen molar-refractivity contribution < 1.29 is 9.84 Å². The molecule has 1 saturated carbocycles. The van der Waals surface area contributed by atoms with Crippen LogP contribution < -0.4 is 4.90 Å². The fourth-order valence-electron chi connectivity index (χ4n) is 2.10. The first kappa shape index (κ1) is 13.8. The van der Waals surface area contributed by atoms with Gasteiger partial charge in [-0.05, 0) is 32.6 Å². The Balaban J connectivity index is 2.10. The van der Waals surface area contributed by atoms with E-state index in [4.69, 9.17) is 4.74 Å². The smallest absolute Gasteiger partial charge is 0.185 e. The maximum absolute atomic E-state index is 9.58. The molecule has 1 aliphatic carbocycles. The van der Waals surface area contributed by atoms with Gasteiger partial charge in [0.2, 0.25) is 0 Å². The van der Waals surface area contributed by atoms with Crippen LogP contribution in [0.2, 0.25) is 0 Å². The van der Waals surface area contributed by atoms with Crippen molar-refractivity contribution in [3.05, 3.63) is 11.1 Å². The van der Waals surface area contributed by atoms with Crippen molar-refractivity contribution >= 4 is 16.5 Å². The lowest BCUT2D eigenvalue weighted by Gasteiger charge is -2.28. The van der Waals surface area contributed by atoms with Gasteiger partial charge in [0.25, 0.3) is 0 Å². The molecule has 2 unspecified atom stereocenters. The van der Waals surface area contributed by atoms with Crippen LogP contribution in [0.4, 0.5) is 5.13 Å². The molecule has 0 spiro atoms. The number of methoxy groups -OCH3 is 1. The molecule has 1 aliphatic rings. The van der Waals surface area contributed by atoms with Gasteiger partial charge in [0.15, 0.2) is 5.13 Å². The molecular formula is C13H22N2O2S. The molecule has 1 N–H and O–H groups in total. The van der Waals surface area contributed by atoms with E-state index in [1.807, 2.05) is 0 Å². The number of ether oxygens (including phenoxy) is 1. The Labute approximate surface area is 113 Å². The van der Waals surface area contributed by atoms with Crippen LogP contribution in [0.1, 0.15) is 37.7 Å². The van der Waals surface area contributed by atoms with E-state index in [1.165, 1.54) is 12.8 Å². The molecule has 1 aromatic heterocycles. The van der Waals surface area contributed by atoms with Gasteiger partial charge in [0.1, 0.15) is 0 Å². The highest BCUT2D eigenvalue weighted by molar-refractivity contribution is 7.15. The molecule has 0 aliphatic heterocycles. The van der Waals surface area contributed by atoms with E-state index in [0.717, 1.165) is 22.5 Å². The highest BCUT2D eigenvalue weighted by atomic mass is 32.1. The van der Waals surface area contributed by atoms with Gasteiger partial charge in [0.05, 0.1) is 17.6 Å². The summed E-state index contributed by atoms with van der Waals surface area (Å²) in [6.07, 6.45) is 3.99. The van der Waals surface area contributed by atoms with Crippen molar-refractivity contribution in [1.82, 2.24) is 4.98 Å². The first-order valence-corrected chi connectivity index (χ1v) is 7.34. The van der Waals surface area contributed by atoms with E-state index in [9.17, 15) is 5.11 Å². The molecule has 18 heavy (non-hydrogen) atoms. The van der Waals surface area contributed by atoms with Gasteiger partial charge in [-0.2, -0.15) is 0 Å². The van der Waals surface area contributed by atoms with Crippen LogP contribution in [0.3, 0.4) is 0 Å². The molecule has 1 fully saturated rings. The van der Waals surface area contributed by atoms with Crippen molar-refractivity contribution in [3.63, 3.8) is 0 Å². The Morgan fingerprint density at radius 1 is 1.56 bits per heavy atom. The minimum Gasteiger partial charge on any atom is -0.388 e. The van der Waals surface area contributed by atoms with Crippen LogP contribution in [0.5, 0.6) is 0 Å². The summed E-state index contributed by atoms with van der Waals surface area (Å²) in [6.45, 7) is 5.61. The summed E-state index contributed by atoms with van der Waals surface area (Å²) < 4.78 is 5.18. The molecule has 4 nitrogen and oxygen atoms in total. The number of thiazole rings is 1. The number of hydrogen-bond acceptors (Lipinski definition) is 5. The monoisotopic (exact) mass is 270 g/mol. The summed E-state index contributed by atoms with van der Waals surface area (Å²) in [7, 11) is 1.73. The third-order valence-electron chi connectivity index (χ3n) is 3.50. The van der Waals surface area contributed by atoms with Crippen LogP contribution in [-0.4, -0.2) is 36.4 Å².